The number of nitrogens with zero attached hydrogens (tertiary/aromatic N) is 2. The highest BCUT2D eigenvalue weighted by atomic mass is 79.9. The molecule has 0 atom stereocenters. The van der Waals surface area contributed by atoms with E-state index in [1.165, 1.54) is 0 Å². The molecular weight excluding hydrogens is 430 g/mol. The van der Waals surface area contributed by atoms with Gasteiger partial charge in [0.2, 0.25) is 5.69 Å². The zero-order valence-corrected chi connectivity index (χ0v) is 17.7. The highest BCUT2D eigenvalue weighted by molar-refractivity contribution is 9.10. The lowest BCUT2D eigenvalue weighted by atomic mass is 9.92. The molecule has 2 N–H and O–H groups in total. The second-order valence-electron chi connectivity index (χ2n) is 7.65. The lowest BCUT2D eigenvalue weighted by molar-refractivity contribution is -0.599. The quantitative estimate of drug-likeness (QED) is 0.442. The fourth-order valence-corrected chi connectivity index (χ4v) is 4.55. The molecule has 0 spiro atoms. The number of fused-ring (bicyclic) bond motifs is 1. The number of pyridine rings is 1. The first-order valence-electron chi connectivity index (χ1n) is 9.78. The van der Waals surface area contributed by atoms with Crippen molar-refractivity contribution in [3.8, 4) is 17.3 Å². The van der Waals surface area contributed by atoms with Crippen LogP contribution in [-0.4, -0.2) is 17.3 Å². The SMILES string of the molecule is Cc1cc2c(Br)cccc2c(-c2ccc(C#N)c(NC3CCC(O)CC3)c2)[n+]1[O-]. The summed E-state index contributed by atoms with van der Waals surface area (Å²) in [5, 5.41) is 37.6. The van der Waals surface area contributed by atoms with Gasteiger partial charge in [-0.15, -0.1) is 0 Å². The molecule has 0 amide bonds. The minimum Gasteiger partial charge on any atom is -0.618 e. The molecule has 5 nitrogen and oxygen atoms in total. The lowest BCUT2D eigenvalue weighted by Gasteiger charge is -2.27. The standard InChI is InChI=1S/C23H22BrN3O2/c1-14-11-20-19(3-2-4-21(20)24)23(27(14)29)15-5-6-16(13-25)22(12-15)26-17-7-9-18(28)10-8-17/h2-6,11-12,17-18,26,28H,7-10H2,1H3. The Hall–Kier alpha value is -2.62. The Labute approximate surface area is 178 Å². The largest absolute Gasteiger partial charge is 0.618 e. The summed E-state index contributed by atoms with van der Waals surface area (Å²) in [7, 11) is 0. The van der Waals surface area contributed by atoms with Gasteiger partial charge in [0.05, 0.1) is 28.3 Å². The van der Waals surface area contributed by atoms with E-state index >= 15 is 0 Å². The highest BCUT2D eigenvalue weighted by Gasteiger charge is 2.22. The number of anilines is 1. The van der Waals surface area contributed by atoms with Crippen LogP contribution in [0.2, 0.25) is 0 Å². The molecule has 1 fully saturated rings. The van der Waals surface area contributed by atoms with Crippen molar-refractivity contribution in [2.75, 3.05) is 5.32 Å². The van der Waals surface area contributed by atoms with Gasteiger partial charge in [-0.2, -0.15) is 9.99 Å². The smallest absolute Gasteiger partial charge is 0.231 e. The Morgan fingerprint density at radius 1 is 1.14 bits per heavy atom. The summed E-state index contributed by atoms with van der Waals surface area (Å²) in [4.78, 5) is 0. The Kier molecular flexibility index (Phi) is 5.44. The van der Waals surface area contributed by atoms with Gasteiger partial charge in [0.1, 0.15) is 6.07 Å². The van der Waals surface area contributed by atoms with Crippen molar-refractivity contribution in [2.24, 2.45) is 0 Å². The molecule has 4 rings (SSSR count). The molecule has 1 aliphatic rings. The van der Waals surface area contributed by atoms with E-state index in [1.54, 1.807) is 13.0 Å². The second-order valence-corrected chi connectivity index (χ2v) is 8.51. The first kappa shape index (κ1) is 19.7. The third-order valence-corrected chi connectivity index (χ3v) is 6.35. The molecule has 1 aromatic heterocycles. The van der Waals surface area contributed by atoms with Crippen molar-refractivity contribution in [1.29, 1.82) is 5.26 Å². The Bertz CT molecular complexity index is 1120. The summed E-state index contributed by atoms with van der Waals surface area (Å²) < 4.78 is 1.89. The van der Waals surface area contributed by atoms with Crippen LogP contribution in [-0.2, 0) is 0 Å². The molecule has 1 saturated carbocycles. The summed E-state index contributed by atoms with van der Waals surface area (Å²) in [6.45, 7) is 1.80. The van der Waals surface area contributed by atoms with Gasteiger partial charge in [0.25, 0.3) is 0 Å². The van der Waals surface area contributed by atoms with Crippen LogP contribution >= 0.6 is 15.9 Å². The van der Waals surface area contributed by atoms with Gasteiger partial charge in [-0.05, 0) is 56.0 Å². The maximum Gasteiger partial charge on any atom is 0.231 e. The number of nitrogens with one attached hydrogen (secondary N) is 1. The maximum absolute atomic E-state index is 13.0. The molecule has 0 unspecified atom stereocenters. The fourth-order valence-electron chi connectivity index (χ4n) is 4.06. The van der Waals surface area contributed by atoms with Crippen LogP contribution in [0.4, 0.5) is 5.69 Å². The van der Waals surface area contributed by atoms with E-state index in [1.807, 2.05) is 36.4 Å². The Morgan fingerprint density at radius 3 is 2.62 bits per heavy atom. The van der Waals surface area contributed by atoms with Crippen LogP contribution in [0, 0.1) is 23.5 Å². The predicted molar refractivity (Wildman–Crippen MR) is 117 cm³/mol. The van der Waals surface area contributed by atoms with E-state index in [9.17, 15) is 15.6 Å². The van der Waals surface area contributed by atoms with E-state index < -0.39 is 0 Å². The number of aliphatic hydroxyl groups is 1. The predicted octanol–water partition coefficient (Wildman–Crippen LogP) is 4.80. The molecule has 0 aliphatic heterocycles. The number of hydrogen-bond donors (Lipinski definition) is 2. The first-order chi connectivity index (χ1) is 14.0. The van der Waals surface area contributed by atoms with Crippen molar-refractivity contribution in [3.63, 3.8) is 0 Å². The number of halogens is 1. The molecule has 148 valence electrons. The first-order valence-corrected chi connectivity index (χ1v) is 10.6. The molecule has 6 heteroatoms. The van der Waals surface area contributed by atoms with Crippen molar-refractivity contribution in [3.05, 3.63) is 63.4 Å². The van der Waals surface area contributed by atoms with E-state index in [0.717, 1.165) is 56.9 Å². The topological polar surface area (TPSA) is 83.0 Å². The molecule has 0 saturated heterocycles. The molecule has 1 aliphatic carbocycles. The van der Waals surface area contributed by atoms with Crippen LogP contribution in [0.5, 0.6) is 0 Å². The third-order valence-electron chi connectivity index (χ3n) is 5.65. The normalized spacial score (nSPS) is 19.1. The summed E-state index contributed by atoms with van der Waals surface area (Å²) in [5.41, 5.74) is 3.24. The number of nitriles is 1. The van der Waals surface area contributed by atoms with Crippen molar-refractivity contribution in [2.45, 2.75) is 44.8 Å². The summed E-state index contributed by atoms with van der Waals surface area (Å²) in [5.74, 6) is 0. The molecule has 29 heavy (non-hydrogen) atoms. The number of aryl methyl sites for hydroxylation is 1. The van der Waals surface area contributed by atoms with Gasteiger partial charge in [0.15, 0.2) is 5.69 Å². The van der Waals surface area contributed by atoms with E-state index in [4.69, 9.17) is 0 Å². The van der Waals surface area contributed by atoms with Crippen LogP contribution < -0.4 is 10.0 Å². The maximum atomic E-state index is 13.0. The fraction of sp³-hybridized carbons (Fsp3) is 0.304. The third kappa shape index (κ3) is 3.81. The van der Waals surface area contributed by atoms with Gasteiger partial charge < -0.3 is 15.6 Å². The van der Waals surface area contributed by atoms with Crippen LogP contribution in [0.3, 0.4) is 0 Å². The zero-order valence-electron chi connectivity index (χ0n) is 16.2. The summed E-state index contributed by atoms with van der Waals surface area (Å²) >= 11 is 3.58. The number of aromatic nitrogens is 1. The van der Waals surface area contributed by atoms with Crippen LogP contribution in [0.15, 0.2) is 46.9 Å². The van der Waals surface area contributed by atoms with E-state index in [0.29, 0.717) is 17.0 Å². The van der Waals surface area contributed by atoms with Gasteiger partial charge in [-0.25, -0.2) is 0 Å². The zero-order chi connectivity index (χ0) is 20.5. The molecule has 3 aromatic rings. The number of hydrogen-bond acceptors (Lipinski definition) is 4. The monoisotopic (exact) mass is 451 g/mol. The molecule has 2 aromatic carbocycles. The van der Waals surface area contributed by atoms with Gasteiger partial charge in [-0.3, -0.25) is 0 Å². The van der Waals surface area contributed by atoms with Crippen molar-refractivity contribution >= 4 is 32.4 Å². The van der Waals surface area contributed by atoms with Gasteiger partial charge in [0, 0.05) is 28.9 Å². The minimum absolute atomic E-state index is 0.212. The average Bonchev–Trinajstić information content (AvgIpc) is 2.71. The lowest BCUT2D eigenvalue weighted by Crippen LogP contribution is -2.33. The van der Waals surface area contributed by atoms with Crippen molar-refractivity contribution in [1.82, 2.24) is 0 Å². The summed E-state index contributed by atoms with van der Waals surface area (Å²) in [6, 6.07) is 15.6. The molecule has 1 heterocycles. The van der Waals surface area contributed by atoms with Crippen LogP contribution in [0.25, 0.3) is 22.0 Å². The second kappa shape index (κ2) is 8.02. The molecule has 0 bridgehead atoms. The van der Waals surface area contributed by atoms with Crippen molar-refractivity contribution < 1.29 is 9.84 Å². The minimum atomic E-state index is -0.230. The number of aliphatic hydroxyl groups excluding tert-OH is 1. The Morgan fingerprint density at radius 2 is 1.90 bits per heavy atom. The van der Waals surface area contributed by atoms with E-state index in [-0.39, 0.29) is 12.1 Å². The van der Waals surface area contributed by atoms with Crippen LogP contribution in [0.1, 0.15) is 36.9 Å². The van der Waals surface area contributed by atoms with Gasteiger partial charge >= 0.3 is 0 Å². The molecule has 0 radical (unpaired) electrons. The number of rotatable bonds is 3. The average molecular weight is 452 g/mol. The number of benzene rings is 2. The van der Waals surface area contributed by atoms with Gasteiger partial charge in [-0.1, -0.05) is 22.0 Å². The Balaban J connectivity index is 1.81. The van der Waals surface area contributed by atoms with E-state index in [2.05, 4.69) is 27.3 Å². The summed E-state index contributed by atoms with van der Waals surface area (Å²) in [6.07, 6.45) is 3.01. The highest BCUT2D eigenvalue weighted by Crippen LogP contribution is 2.33. The molecular formula is C23H22BrN3O2.